The molecule has 0 bridgehead atoms. The number of hydrogen-bond donors (Lipinski definition) is 1. The lowest BCUT2D eigenvalue weighted by molar-refractivity contribution is 0.139. The van der Waals surface area contributed by atoms with Gasteiger partial charge < -0.3 is 9.84 Å². The maximum absolute atomic E-state index is 8.75. The molecular weight excluding hydrogens is 142 g/mol. The zero-order chi connectivity index (χ0) is 8.10. The molecule has 1 heterocycles. The van der Waals surface area contributed by atoms with Crippen molar-refractivity contribution in [3.05, 3.63) is 31.3 Å². The highest BCUT2D eigenvalue weighted by atomic mass is 16.5. The van der Waals surface area contributed by atoms with Gasteiger partial charge in [-0.1, -0.05) is 6.07 Å². The van der Waals surface area contributed by atoms with Gasteiger partial charge in [-0.2, -0.15) is 0 Å². The number of hydrogen-bond acceptors (Lipinski definition) is 3. The van der Waals surface area contributed by atoms with E-state index >= 15 is 0 Å². The number of nitrogens with zero attached hydrogens (tertiary/aromatic N) is 1. The van der Waals surface area contributed by atoms with Gasteiger partial charge in [-0.05, 0) is 13.0 Å². The van der Waals surface area contributed by atoms with E-state index in [2.05, 4.69) is 11.9 Å². The van der Waals surface area contributed by atoms with Gasteiger partial charge in [0.2, 0.25) is 5.88 Å². The van der Waals surface area contributed by atoms with Crippen LogP contribution in [0, 0.1) is 6.92 Å². The van der Waals surface area contributed by atoms with Crippen LogP contribution in [0.25, 0.3) is 0 Å². The summed E-state index contributed by atoms with van der Waals surface area (Å²) in [7, 11) is 0. The van der Waals surface area contributed by atoms with Crippen LogP contribution >= 0.6 is 0 Å². The molecule has 0 fully saturated rings. The quantitative estimate of drug-likeness (QED) is 0.691. The number of aromatic nitrogens is 1. The summed E-state index contributed by atoms with van der Waals surface area (Å²) in [6.07, 6.45) is 0.933. The Kier molecular flexibility index (Phi) is 2.86. The van der Waals surface area contributed by atoms with Crippen LogP contribution in [0.15, 0.2) is 24.4 Å². The molecule has 0 amide bonds. The maximum Gasteiger partial charge on any atom is 0.213 e. The van der Waals surface area contributed by atoms with Crippen molar-refractivity contribution in [2.75, 3.05) is 6.61 Å². The number of pyridine rings is 1. The summed E-state index contributed by atoms with van der Waals surface area (Å²) in [5.74, 6) is 0.509. The van der Waals surface area contributed by atoms with Gasteiger partial charge in [-0.3, -0.25) is 0 Å². The van der Waals surface area contributed by atoms with Gasteiger partial charge in [-0.15, -0.1) is 0 Å². The molecule has 0 aliphatic carbocycles. The summed E-state index contributed by atoms with van der Waals surface area (Å²) in [5.41, 5.74) is 0. The second kappa shape index (κ2) is 3.93. The van der Waals surface area contributed by atoms with E-state index in [9.17, 15) is 0 Å². The highest BCUT2D eigenvalue weighted by Crippen LogP contribution is 2.02. The van der Waals surface area contributed by atoms with E-state index in [1.807, 2.05) is 6.07 Å². The molecule has 0 saturated carbocycles. The van der Waals surface area contributed by atoms with Crippen LogP contribution in [-0.4, -0.2) is 22.8 Å². The highest BCUT2D eigenvalue weighted by Gasteiger charge is 1.96. The lowest BCUT2D eigenvalue weighted by atomic mass is 10.4. The van der Waals surface area contributed by atoms with Crippen LogP contribution in [0.4, 0.5) is 0 Å². The van der Waals surface area contributed by atoms with Crippen molar-refractivity contribution in [3.8, 4) is 5.88 Å². The van der Waals surface area contributed by atoms with Crippen LogP contribution < -0.4 is 4.74 Å². The van der Waals surface area contributed by atoms with Crippen molar-refractivity contribution >= 4 is 0 Å². The fourth-order valence-corrected chi connectivity index (χ4v) is 0.614. The number of rotatable bonds is 3. The first kappa shape index (κ1) is 8.01. The zero-order valence-electron chi connectivity index (χ0n) is 6.10. The molecule has 1 rings (SSSR count). The Morgan fingerprint density at radius 1 is 1.64 bits per heavy atom. The van der Waals surface area contributed by atoms with Crippen molar-refractivity contribution < 1.29 is 9.84 Å². The predicted octanol–water partition coefficient (Wildman–Crippen LogP) is 0.655. The van der Waals surface area contributed by atoms with Crippen LogP contribution in [0.1, 0.15) is 0 Å². The minimum atomic E-state index is -0.697. The Morgan fingerprint density at radius 2 is 2.45 bits per heavy atom. The monoisotopic (exact) mass is 152 g/mol. The Hall–Kier alpha value is -1.09. The van der Waals surface area contributed by atoms with Crippen molar-refractivity contribution in [1.82, 2.24) is 4.98 Å². The molecule has 1 N–H and O–H groups in total. The summed E-state index contributed by atoms with van der Waals surface area (Å²) < 4.78 is 5.04. The molecule has 3 heteroatoms. The van der Waals surface area contributed by atoms with Crippen LogP contribution in [-0.2, 0) is 0 Å². The average molecular weight is 152 g/mol. The minimum Gasteiger partial charge on any atom is -0.475 e. The lowest BCUT2D eigenvalue weighted by Gasteiger charge is -2.05. The second-order valence-corrected chi connectivity index (χ2v) is 2.13. The van der Waals surface area contributed by atoms with E-state index in [-0.39, 0.29) is 6.61 Å². The first-order chi connectivity index (χ1) is 5.29. The molecule has 3 nitrogen and oxygen atoms in total. The van der Waals surface area contributed by atoms with Crippen LogP contribution in [0.2, 0.25) is 0 Å². The Bertz CT molecular complexity index is 199. The van der Waals surface area contributed by atoms with Gasteiger partial charge >= 0.3 is 0 Å². The van der Waals surface area contributed by atoms with E-state index in [0.29, 0.717) is 5.88 Å². The molecule has 0 aromatic carbocycles. The molecule has 1 unspecified atom stereocenters. The SMILES string of the molecule is [CH2]C(O)COc1ccccn1. The molecular formula is C8H10NO2. The maximum atomic E-state index is 8.75. The van der Waals surface area contributed by atoms with Crippen molar-refractivity contribution in [2.24, 2.45) is 0 Å². The lowest BCUT2D eigenvalue weighted by Crippen LogP contribution is -2.13. The van der Waals surface area contributed by atoms with Gasteiger partial charge in [0, 0.05) is 12.3 Å². The van der Waals surface area contributed by atoms with Crippen LogP contribution in [0.5, 0.6) is 5.88 Å². The Labute approximate surface area is 65.7 Å². The normalized spacial score (nSPS) is 12.5. The topological polar surface area (TPSA) is 42.4 Å². The van der Waals surface area contributed by atoms with Gasteiger partial charge in [0.15, 0.2) is 0 Å². The molecule has 1 radical (unpaired) electrons. The molecule has 0 aliphatic heterocycles. The van der Waals surface area contributed by atoms with Crippen molar-refractivity contribution in [2.45, 2.75) is 6.10 Å². The third kappa shape index (κ3) is 3.00. The van der Waals surface area contributed by atoms with Crippen molar-refractivity contribution in [3.63, 3.8) is 0 Å². The van der Waals surface area contributed by atoms with Crippen LogP contribution in [0.3, 0.4) is 0 Å². The largest absolute Gasteiger partial charge is 0.475 e. The van der Waals surface area contributed by atoms with Gasteiger partial charge in [0.25, 0.3) is 0 Å². The van der Waals surface area contributed by atoms with E-state index in [1.165, 1.54) is 0 Å². The second-order valence-electron chi connectivity index (χ2n) is 2.13. The summed E-state index contributed by atoms with van der Waals surface area (Å²) in [6.45, 7) is 3.53. The first-order valence-corrected chi connectivity index (χ1v) is 3.34. The van der Waals surface area contributed by atoms with E-state index in [0.717, 1.165) is 0 Å². The third-order valence-corrected chi connectivity index (χ3v) is 1.06. The molecule has 1 aromatic heterocycles. The van der Waals surface area contributed by atoms with Gasteiger partial charge in [-0.25, -0.2) is 4.98 Å². The standard InChI is InChI=1S/C8H10NO2/c1-7(10)6-11-8-4-2-3-5-9-8/h2-5,7,10H,1,6H2. The highest BCUT2D eigenvalue weighted by molar-refractivity contribution is 5.09. The van der Waals surface area contributed by atoms with Gasteiger partial charge in [0.1, 0.15) is 6.61 Å². The summed E-state index contributed by atoms with van der Waals surface area (Å²) in [5, 5.41) is 8.75. The molecule has 59 valence electrons. The molecule has 0 spiro atoms. The summed E-state index contributed by atoms with van der Waals surface area (Å²) >= 11 is 0. The van der Waals surface area contributed by atoms with E-state index in [4.69, 9.17) is 9.84 Å². The molecule has 11 heavy (non-hydrogen) atoms. The van der Waals surface area contributed by atoms with Crippen molar-refractivity contribution in [1.29, 1.82) is 0 Å². The van der Waals surface area contributed by atoms with Gasteiger partial charge in [0.05, 0.1) is 6.10 Å². The minimum absolute atomic E-state index is 0.178. The number of aliphatic hydroxyl groups is 1. The molecule has 1 atom stereocenters. The zero-order valence-corrected chi connectivity index (χ0v) is 6.10. The Morgan fingerprint density at radius 3 is 3.00 bits per heavy atom. The Balaban J connectivity index is 2.39. The molecule has 0 aliphatic rings. The molecule has 1 aromatic rings. The van der Waals surface area contributed by atoms with E-state index in [1.54, 1.807) is 18.3 Å². The number of ether oxygens (including phenoxy) is 1. The third-order valence-electron chi connectivity index (χ3n) is 1.06. The predicted molar refractivity (Wildman–Crippen MR) is 41.1 cm³/mol. The average Bonchev–Trinajstić information content (AvgIpc) is 2.03. The smallest absolute Gasteiger partial charge is 0.213 e. The first-order valence-electron chi connectivity index (χ1n) is 3.34. The summed E-state index contributed by atoms with van der Waals surface area (Å²) in [6, 6.07) is 5.34. The summed E-state index contributed by atoms with van der Waals surface area (Å²) in [4.78, 5) is 3.89. The molecule has 0 saturated heterocycles. The fourth-order valence-electron chi connectivity index (χ4n) is 0.614. The number of aliphatic hydroxyl groups excluding tert-OH is 1. The van der Waals surface area contributed by atoms with E-state index < -0.39 is 6.10 Å². The fraction of sp³-hybridized carbons (Fsp3) is 0.250.